The summed E-state index contributed by atoms with van der Waals surface area (Å²) in [6.45, 7) is 0. The van der Waals surface area contributed by atoms with Crippen molar-refractivity contribution in [2.75, 3.05) is 5.73 Å². The highest BCUT2D eigenvalue weighted by Gasteiger charge is 2.22. The lowest BCUT2D eigenvalue weighted by molar-refractivity contribution is 0.0976. The molecule has 0 aliphatic carbocycles. The summed E-state index contributed by atoms with van der Waals surface area (Å²) in [4.78, 5) is 29.5. The molecule has 31 heavy (non-hydrogen) atoms. The van der Waals surface area contributed by atoms with E-state index in [1.54, 1.807) is 6.07 Å². The smallest absolute Gasteiger partial charge is 0.297 e. The first-order valence-corrected chi connectivity index (χ1v) is 9.43. The number of pyridine rings is 2. The molecule has 0 saturated heterocycles. The van der Waals surface area contributed by atoms with Gasteiger partial charge in [0.25, 0.3) is 5.56 Å². The van der Waals surface area contributed by atoms with Crippen LogP contribution in [0.15, 0.2) is 65.6 Å². The molecular weight excluding hydrogens is 404 g/mol. The Bertz CT molecular complexity index is 1370. The van der Waals surface area contributed by atoms with Crippen LogP contribution in [0, 0.1) is 11.6 Å². The maximum absolute atomic E-state index is 13.8. The van der Waals surface area contributed by atoms with Gasteiger partial charge in [-0.05, 0) is 29.7 Å². The van der Waals surface area contributed by atoms with Gasteiger partial charge in [-0.3, -0.25) is 9.59 Å². The number of aromatic nitrogens is 2. The van der Waals surface area contributed by atoms with E-state index < -0.39 is 28.5 Å². The maximum atomic E-state index is 13.8. The number of halogens is 2. The van der Waals surface area contributed by atoms with Crippen molar-refractivity contribution in [2.45, 2.75) is 12.8 Å². The lowest BCUT2D eigenvalue weighted by atomic mass is 10.00. The minimum absolute atomic E-state index is 0.0599. The number of hydrogen-bond acceptors (Lipinski definition) is 5. The van der Waals surface area contributed by atoms with E-state index in [1.165, 1.54) is 12.3 Å². The van der Waals surface area contributed by atoms with E-state index in [1.807, 2.05) is 30.3 Å². The summed E-state index contributed by atoms with van der Waals surface area (Å²) in [5, 5.41) is 10.5. The Morgan fingerprint density at radius 3 is 2.52 bits per heavy atom. The number of Topliss-reactive ketones (excluding diaryl/α,β-unsaturated/α-hetero) is 1. The van der Waals surface area contributed by atoms with Crippen LogP contribution < -0.4 is 11.3 Å². The van der Waals surface area contributed by atoms with Gasteiger partial charge in [-0.15, -0.1) is 4.73 Å². The molecule has 0 atom stereocenters. The van der Waals surface area contributed by atoms with Crippen LogP contribution in [-0.2, 0) is 6.42 Å². The summed E-state index contributed by atoms with van der Waals surface area (Å²) in [6.07, 6.45) is 1.18. The van der Waals surface area contributed by atoms with Gasteiger partial charge in [0.1, 0.15) is 17.2 Å². The van der Waals surface area contributed by atoms with Gasteiger partial charge >= 0.3 is 0 Å². The molecule has 8 heteroatoms. The zero-order chi connectivity index (χ0) is 22.1. The van der Waals surface area contributed by atoms with Crippen LogP contribution in [0.4, 0.5) is 14.5 Å². The van der Waals surface area contributed by atoms with Gasteiger partial charge in [0.2, 0.25) is 0 Å². The minimum atomic E-state index is -1.01. The van der Waals surface area contributed by atoms with Crippen molar-refractivity contribution in [2.24, 2.45) is 0 Å². The van der Waals surface area contributed by atoms with Crippen LogP contribution >= 0.6 is 0 Å². The molecule has 0 saturated carbocycles. The van der Waals surface area contributed by atoms with E-state index >= 15 is 0 Å². The number of nitrogens with two attached hydrogens (primary N) is 1. The first-order valence-electron chi connectivity index (χ1n) is 9.43. The molecule has 0 fully saturated rings. The Morgan fingerprint density at radius 1 is 1.06 bits per heavy atom. The fourth-order valence-corrected chi connectivity index (χ4v) is 3.43. The Balaban J connectivity index is 1.74. The zero-order valence-electron chi connectivity index (χ0n) is 16.2. The molecule has 4 rings (SSSR count). The third-order valence-electron chi connectivity index (χ3n) is 5.06. The van der Waals surface area contributed by atoms with E-state index in [0.717, 1.165) is 17.7 Å². The number of aryl methyl sites for hydroxylation is 1. The number of rotatable bonds is 5. The van der Waals surface area contributed by atoms with Gasteiger partial charge in [-0.2, -0.15) is 0 Å². The van der Waals surface area contributed by atoms with Crippen LogP contribution in [-0.4, -0.2) is 20.7 Å². The Kier molecular flexibility index (Phi) is 5.21. The van der Waals surface area contributed by atoms with Crippen LogP contribution in [0.1, 0.15) is 22.3 Å². The molecule has 6 nitrogen and oxygen atoms in total. The van der Waals surface area contributed by atoms with Crippen molar-refractivity contribution in [3.8, 4) is 11.1 Å². The molecule has 2 aromatic heterocycles. The average Bonchev–Trinajstić information content (AvgIpc) is 2.77. The van der Waals surface area contributed by atoms with E-state index in [2.05, 4.69) is 4.98 Å². The van der Waals surface area contributed by atoms with Crippen LogP contribution in [0.25, 0.3) is 22.2 Å². The number of fused-ring (bicyclic) bond motifs is 1. The normalized spacial score (nSPS) is 11.0. The van der Waals surface area contributed by atoms with Gasteiger partial charge in [0.15, 0.2) is 11.4 Å². The molecule has 0 bridgehead atoms. The first kappa shape index (κ1) is 20.2. The predicted octanol–water partition coefficient (Wildman–Crippen LogP) is 3.98. The topological polar surface area (TPSA) is 98.2 Å². The molecule has 2 aromatic carbocycles. The number of nitrogens with zero attached hydrogens (tertiary/aromatic N) is 2. The molecule has 0 radical (unpaired) electrons. The van der Waals surface area contributed by atoms with E-state index in [-0.39, 0.29) is 39.9 Å². The number of nitrogen functional groups attached to an aromatic ring is 1. The number of carbonyl (C=O) groups is 1. The molecular formula is C23H17F2N3O3. The SMILES string of the molecule is Nc1c(C(=O)CCc2ccc(F)cc2F)c(=O)n(O)c2ncc(-c3ccccc3)cc12. The summed E-state index contributed by atoms with van der Waals surface area (Å²) < 4.78 is 27.2. The number of benzene rings is 2. The number of hydrogen-bond donors (Lipinski definition) is 2. The van der Waals surface area contributed by atoms with Gasteiger partial charge in [0.05, 0.1) is 5.69 Å². The molecule has 4 aromatic rings. The van der Waals surface area contributed by atoms with Crippen molar-refractivity contribution < 1.29 is 18.8 Å². The largest absolute Gasteiger partial charge is 0.423 e. The van der Waals surface area contributed by atoms with E-state index in [4.69, 9.17) is 5.73 Å². The van der Waals surface area contributed by atoms with Crippen molar-refractivity contribution in [3.63, 3.8) is 0 Å². The summed E-state index contributed by atoms with van der Waals surface area (Å²) in [5.74, 6) is -2.17. The highest BCUT2D eigenvalue weighted by Crippen LogP contribution is 2.27. The summed E-state index contributed by atoms with van der Waals surface area (Å²) in [7, 11) is 0. The van der Waals surface area contributed by atoms with Crippen molar-refractivity contribution in [3.05, 3.63) is 93.9 Å². The fraction of sp³-hybridized carbons (Fsp3) is 0.0870. The summed E-state index contributed by atoms with van der Waals surface area (Å²) >= 11 is 0. The van der Waals surface area contributed by atoms with Gasteiger partial charge in [-0.1, -0.05) is 36.4 Å². The second kappa shape index (κ2) is 7.98. The summed E-state index contributed by atoms with van der Waals surface area (Å²) in [5.41, 5.74) is 6.21. The monoisotopic (exact) mass is 421 g/mol. The second-order valence-electron chi connectivity index (χ2n) is 7.03. The molecule has 0 amide bonds. The highest BCUT2D eigenvalue weighted by atomic mass is 19.1. The lowest BCUT2D eigenvalue weighted by Crippen LogP contribution is -2.28. The minimum Gasteiger partial charge on any atom is -0.423 e. The number of anilines is 1. The Morgan fingerprint density at radius 2 is 1.81 bits per heavy atom. The first-order chi connectivity index (χ1) is 14.9. The molecule has 0 spiro atoms. The average molecular weight is 421 g/mol. The van der Waals surface area contributed by atoms with Crippen molar-refractivity contribution in [1.29, 1.82) is 0 Å². The van der Waals surface area contributed by atoms with Gasteiger partial charge < -0.3 is 10.9 Å². The highest BCUT2D eigenvalue weighted by molar-refractivity contribution is 6.07. The molecule has 0 aliphatic rings. The van der Waals surface area contributed by atoms with E-state index in [9.17, 15) is 23.6 Å². The Labute approximate surface area is 175 Å². The zero-order valence-corrected chi connectivity index (χ0v) is 16.2. The maximum Gasteiger partial charge on any atom is 0.297 e. The molecule has 0 aliphatic heterocycles. The van der Waals surface area contributed by atoms with Crippen molar-refractivity contribution in [1.82, 2.24) is 9.71 Å². The Hall–Kier alpha value is -4.07. The molecule has 3 N–H and O–H groups in total. The second-order valence-corrected chi connectivity index (χ2v) is 7.03. The summed E-state index contributed by atoms with van der Waals surface area (Å²) in [6, 6.07) is 14.0. The number of carbonyl (C=O) groups excluding carboxylic acids is 1. The molecule has 156 valence electrons. The predicted molar refractivity (Wildman–Crippen MR) is 112 cm³/mol. The lowest BCUT2D eigenvalue weighted by Gasteiger charge is -2.12. The van der Waals surface area contributed by atoms with E-state index in [0.29, 0.717) is 5.56 Å². The van der Waals surface area contributed by atoms with Crippen LogP contribution in [0.2, 0.25) is 0 Å². The van der Waals surface area contributed by atoms with Gasteiger partial charge in [-0.25, -0.2) is 13.8 Å². The van der Waals surface area contributed by atoms with Crippen LogP contribution in [0.5, 0.6) is 0 Å². The molecule has 0 unspecified atom stereocenters. The third kappa shape index (κ3) is 3.75. The van der Waals surface area contributed by atoms with Gasteiger partial charge in [0, 0.05) is 29.6 Å². The standard InChI is InChI=1S/C23H17F2N3O3/c24-16-8-6-14(18(25)11-16)7-9-19(29)20-21(26)17-10-15(13-4-2-1-3-5-13)12-27-22(17)28(31)23(20)30/h1-6,8,10-12,31H,7,9,26H2. The fourth-order valence-electron chi connectivity index (χ4n) is 3.43. The van der Waals surface area contributed by atoms with Crippen molar-refractivity contribution >= 4 is 22.5 Å². The quantitative estimate of drug-likeness (QED) is 0.375. The molecule has 2 heterocycles. The van der Waals surface area contributed by atoms with Crippen LogP contribution in [0.3, 0.4) is 0 Å². The third-order valence-corrected chi connectivity index (χ3v) is 5.06. The number of ketones is 1.